The van der Waals surface area contributed by atoms with Crippen molar-refractivity contribution in [1.29, 1.82) is 0 Å². The summed E-state index contributed by atoms with van der Waals surface area (Å²) < 4.78 is 22.9. The van der Waals surface area contributed by atoms with Crippen LogP contribution in [-0.4, -0.2) is 43.2 Å². The van der Waals surface area contributed by atoms with Gasteiger partial charge in [0.05, 0.1) is 17.1 Å². The van der Waals surface area contributed by atoms with E-state index in [0.717, 1.165) is 6.07 Å². The molecule has 0 saturated heterocycles. The molecule has 2 N–H and O–H groups in total. The van der Waals surface area contributed by atoms with Gasteiger partial charge in [0.25, 0.3) is 11.6 Å². The van der Waals surface area contributed by atoms with Gasteiger partial charge in [-0.05, 0) is 36.8 Å². The number of anilines is 1. The normalized spacial score (nSPS) is 11.4. The molecule has 0 aliphatic carbocycles. The molecule has 0 saturated carbocycles. The summed E-state index contributed by atoms with van der Waals surface area (Å²) in [5, 5.41) is 16.7. The molecule has 1 amide bonds. The Bertz CT molecular complexity index is 904. The molecular formula is C20H22FN3O6. The van der Waals surface area contributed by atoms with Gasteiger partial charge in [-0.15, -0.1) is 0 Å². The zero-order valence-electron chi connectivity index (χ0n) is 16.5. The molecular weight excluding hydrogens is 397 g/mol. The van der Waals surface area contributed by atoms with Gasteiger partial charge < -0.3 is 20.1 Å². The fraction of sp³-hybridized carbons (Fsp3) is 0.300. The van der Waals surface area contributed by atoms with E-state index in [1.165, 1.54) is 50.4 Å². The summed E-state index contributed by atoms with van der Waals surface area (Å²) in [7, 11) is 1.51. The highest BCUT2D eigenvalue weighted by Crippen LogP contribution is 2.26. The minimum atomic E-state index is -1.13. The molecule has 0 heterocycles. The van der Waals surface area contributed by atoms with Crippen LogP contribution in [0.2, 0.25) is 0 Å². The van der Waals surface area contributed by atoms with E-state index in [4.69, 9.17) is 9.47 Å². The van der Waals surface area contributed by atoms with E-state index in [1.807, 2.05) is 0 Å². The zero-order valence-corrected chi connectivity index (χ0v) is 16.5. The van der Waals surface area contributed by atoms with Crippen molar-refractivity contribution in [3.8, 4) is 0 Å². The first-order valence-electron chi connectivity index (χ1n) is 9.06. The number of rotatable bonds is 10. The van der Waals surface area contributed by atoms with Gasteiger partial charge in [-0.25, -0.2) is 9.18 Å². The number of hydrogen-bond donors (Lipinski definition) is 2. The number of nitrogens with one attached hydrogen (secondary N) is 2. The number of methoxy groups -OCH3 is 1. The maximum absolute atomic E-state index is 12.9. The van der Waals surface area contributed by atoms with Gasteiger partial charge in [-0.2, -0.15) is 0 Å². The van der Waals surface area contributed by atoms with Crippen LogP contribution in [0.4, 0.5) is 15.8 Å². The van der Waals surface area contributed by atoms with Gasteiger partial charge in [-0.1, -0.05) is 12.1 Å². The van der Waals surface area contributed by atoms with Crippen LogP contribution in [0.25, 0.3) is 0 Å². The monoisotopic (exact) mass is 419 g/mol. The van der Waals surface area contributed by atoms with Crippen molar-refractivity contribution in [2.75, 3.05) is 25.6 Å². The molecule has 10 heteroatoms. The maximum atomic E-state index is 12.9. The molecule has 0 aromatic heterocycles. The van der Waals surface area contributed by atoms with Crippen LogP contribution in [0.3, 0.4) is 0 Å². The molecule has 0 bridgehead atoms. The van der Waals surface area contributed by atoms with Crippen LogP contribution >= 0.6 is 0 Å². The van der Waals surface area contributed by atoms with Gasteiger partial charge in [0.1, 0.15) is 11.5 Å². The Labute approximate surface area is 172 Å². The minimum Gasteiger partial charge on any atom is -0.449 e. The average Bonchev–Trinajstić information content (AvgIpc) is 2.73. The summed E-state index contributed by atoms with van der Waals surface area (Å²) in [5.74, 6) is -1.81. The third-order valence-electron chi connectivity index (χ3n) is 4.08. The standard InChI is InChI=1S/C20H22FN3O6/c1-13(19(25)23-12-14-3-6-16(21)7-4-14)30-20(26)15-5-8-17(22-9-10-29-2)18(11-15)24(27)28/h3-8,11,13,22H,9-10,12H2,1-2H3,(H,23,25)/t13-/m1/s1. The van der Waals surface area contributed by atoms with Crippen molar-refractivity contribution in [2.24, 2.45) is 0 Å². The van der Waals surface area contributed by atoms with Crippen LogP contribution < -0.4 is 10.6 Å². The van der Waals surface area contributed by atoms with Crippen LogP contribution in [0.5, 0.6) is 0 Å². The number of nitrogens with zero attached hydrogens (tertiary/aromatic N) is 1. The Morgan fingerprint density at radius 1 is 1.20 bits per heavy atom. The summed E-state index contributed by atoms with van der Waals surface area (Å²) in [6, 6.07) is 9.43. The number of nitro benzene ring substituents is 1. The molecule has 2 aromatic rings. The molecule has 0 aliphatic rings. The number of halogens is 1. The second kappa shape index (κ2) is 10.9. The predicted octanol–water partition coefficient (Wildman–Crippen LogP) is 2.65. The Morgan fingerprint density at radius 2 is 1.90 bits per heavy atom. The van der Waals surface area contributed by atoms with Crippen molar-refractivity contribution < 1.29 is 28.4 Å². The molecule has 2 rings (SSSR count). The second-order valence-electron chi connectivity index (χ2n) is 6.30. The number of nitro groups is 1. The lowest BCUT2D eigenvalue weighted by Crippen LogP contribution is -2.35. The van der Waals surface area contributed by atoms with E-state index in [9.17, 15) is 24.1 Å². The molecule has 0 spiro atoms. The summed E-state index contributed by atoms with van der Waals surface area (Å²) in [6.07, 6.45) is -1.13. The van der Waals surface area contributed by atoms with E-state index >= 15 is 0 Å². The first kappa shape index (κ1) is 22.8. The largest absolute Gasteiger partial charge is 0.449 e. The zero-order chi connectivity index (χ0) is 22.1. The Hall–Kier alpha value is -3.53. The Balaban J connectivity index is 1.97. The van der Waals surface area contributed by atoms with Gasteiger partial charge in [0, 0.05) is 26.3 Å². The van der Waals surface area contributed by atoms with Gasteiger partial charge in [0.2, 0.25) is 0 Å². The SMILES string of the molecule is COCCNc1ccc(C(=O)O[C@H](C)C(=O)NCc2ccc(F)cc2)cc1[N+](=O)[O-]. The fourth-order valence-electron chi connectivity index (χ4n) is 2.46. The maximum Gasteiger partial charge on any atom is 0.339 e. The number of esters is 1. The quantitative estimate of drug-likeness (QED) is 0.263. The smallest absolute Gasteiger partial charge is 0.339 e. The van der Waals surface area contributed by atoms with Gasteiger partial charge in [0.15, 0.2) is 6.10 Å². The fourth-order valence-corrected chi connectivity index (χ4v) is 2.46. The van der Waals surface area contributed by atoms with Gasteiger partial charge >= 0.3 is 5.97 Å². The van der Waals surface area contributed by atoms with E-state index < -0.39 is 22.9 Å². The summed E-state index contributed by atoms with van der Waals surface area (Å²) in [4.78, 5) is 35.1. The molecule has 0 unspecified atom stereocenters. The molecule has 160 valence electrons. The highest BCUT2D eigenvalue weighted by molar-refractivity contribution is 5.93. The molecule has 30 heavy (non-hydrogen) atoms. The highest BCUT2D eigenvalue weighted by Gasteiger charge is 2.22. The van der Waals surface area contributed by atoms with Crippen molar-refractivity contribution in [1.82, 2.24) is 5.32 Å². The molecule has 0 aliphatic heterocycles. The minimum absolute atomic E-state index is 0.0582. The van der Waals surface area contributed by atoms with Crippen molar-refractivity contribution in [3.05, 3.63) is 69.5 Å². The van der Waals surface area contributed by atoms with E-state index in [-0.39, 0.29) is 29.3 Å². The lowest BCUT2D eigenvalue weighted by molar-refractivity contribution is -0.384. The number of carbonyl (C=O) groups excluding carboxylic acids is 2. The van der Waals surface area contributed by atoms with Crippen LogP contribution in [0.15, 0.2) is 42.5 Å². The van der Waals surface area contributed by atoms with Gasteiger partial charge in [-0.3, -0.25) is 14.9 Å². The van der Waals surface area contributed by atoms with E-state index in [0.29, 0.717) is 18.7 Å². The van der Waals surface area contributed by atoms with Crippen LogP contribution in [0.1, 0.15) is 22.8 Å². The second-order valence-corrected chi connectivity index (χ2v) is 6.30. The van der Waals surface area contributed by atoms with Crippen LogP contribution in [0, 0.1) is 15.9 Å². The summed E-state index contributed by atoms with van der Waals surface area (Å²) in [6.45, 7) is 2.22. The molecule has 2 aromatic carbocycles. The first-order valence-corrected chi connectivity index (χ1v) is 9.06. The third-order valence-corrected chi connectivity index (χ3v) is 4.08. The van der Waals surface area contributed by atoms with Crippen LogP contribution in [-0.2, 0) is 20.8 Å². The lowest BCUT2D eigenvalue weighted by atomic mass is 10.1. The van der Waals surface area contributed by atoms with E-state index in [2.05, 4.69) is 10.6 Å². The van der Waals surface area contributed by atoms with E-state index in [1.54, 1.807) is 0 Å². The number of hydrogen-bond acceptors (Lipinski definition) is 7. The average molecular weight is 419 g/mol. The number of ether oxygens (including phenoxy) is 2. The first-order chi connectivity index (χ1) is 14.3. The van der Waals surface area contributed by atoms with Crippen molar-refractivity contribution >= 4 is 23.3 Å². The third kappa shape index (κ3) is 6.52. The Morgan fingerprint density at radius 3 is 2.53 bits per heavy atom. The number of carbonyl (C=O) groups is 2. The molecule has 1 atom stereocenters. The number of benzene rings is 2. The Kier molecular flexibility index (Phi) is 8.24. The van der Waals surface area contributed by atoms with Crippen molar-refractivity contribution in [3.63, 3.8) is 0 Å². The highest BCUT2D eigenvalue weighted by atomic mass is 19.1. The summed E-state index contributed by atoms with van der Waals surface area (Å²) >= 11 is 0. The van der Waals surface area contributed by atoms with Crippen molar-refractivity contribution in [2.45, 2.75) is 19.6 Å². The topological polar surface area (TPSA) is 120 Å². The summed E-state index contributed by atoms with van der Waals surface area (Å²) in [5.41, 5.74) is 0.556. The molecule has 9 nitrogen and oxygen atoms in total. The molecule has 0 fully saturated rings. The predicted molar refractivity (Wildman–Crippen MR) is 107 cm³/mol. The lowest BCUT2D eigenvalue weighted by Gasteiger charge is -2.14. The molecule has 0 radical (unpaired) electrons. The number of amides is 1.